The lowest BCUT2D eigenvalue weighted by Gasteiger charge is -2.24. The Bertz CT molecular complexity index is 500. The monoisotopic (exact) mass is 385 g/mol. The normalized spacial score (nSPS) is 11.6. The number of nitrogens with one attached hydrogen (secondary N) is 3. The molecule has 0 aliphatic rings. The Hall–Kier alpha value is -2.25. The van der Waals surface area contributed by atoms with Crippen LogP contribution in [0.1, 0.15) is 61.3 Å². The highest BCUT2D eigenvalue weighted by atomic mass is 16.6. The highest BCUT2D eigenvalue weighted by molar-refractivity contribution is 5.93. The molecule has 27 heavy (non-hydrogen) atoms. The lowest BCUT2D eigenvalue weighted by atomic mass is 10.1. The van der Waals surface area contributed by atoms with Gasteiger partial charge in [-0.2, -0.15) is 0 Å². The van der Waals surface area contributed by atoms with E-state index in [1.807, 2.05) is 6.92 Å². The number of alkyl carbamates (subject to hydrolysis) is 2. The fraction of sp³-hybridized carbons (Fsp3) is 0.737. The number of amides is 3. The molecule has 0 radical (unpaired) electrons. The van der Waals surface area contributed by atoms with Gasteiger partial charge >= 0.3 is 12.2 Å². The molecule has 0 atom stereocenters. The molecular formula is C19H35N3O5. The van der Waals surface area contributed by atoms with Crippen molar-refractivity contribution in [2.24, 2.45) is 0 Å². The second-order valence-corrected chi connectivity index (χ2v) is 8.29. The van der Waals surface area contributed by atoms with E-state index in [4.69, 9.17) is 9.47 Å². The Labute approximate surface area is 162 Å². The molecule has 0 aliphatic heterocycles. The largest absolute Gasteiger partial charge is 0.444 e. The van der Waals surface area contributed by atoms with Gasteiger partial charge in [0.15, 0.2) is 0 Å². The van der Waals surface area contributed by atoms with Crippen molar-refractivity contribution in [3.8, 4) is 0 Å². The quantitative estimate of drug-likeness (QED) is 0.557. The van der Waals surface area contributed by atoms with Gasteiger partial charge in [0.05, 0.1) is 6.04 Å². The zero-order valence-corrected chi connectivity index (χ0v) is 17.7. The minimum atomic E-state index is -0.632. The van der Waals surface area contributed by atoms with E-state index in [-0.39, 0.29) is 19.0 Å². The summed E-state index contributed by atoms with van der Waals surface area (Å²) in [6.45, 7) is 16.4. The third-order valence-corrected chi connectivity index (χ3v) is 2.99. The lowest BCUT2D eigenvalue weighted by molar-refractivity contribution is -0.118. The molecule has 0 fully saturated rings. The summed E-state index contributed by atoms with van der Waals surface area (Å²) in [6.07, 6.45) is 0.152. The van der Waals surface area contributed by atoms with Gasteiger partial charge in [-0.3, -0.25) is 4.79 Å². The van der Waals surface area contributed by atoms with Gasteiger partial charge < -0.3 is 25.4 Å². The molecule has 0 heterocycles. The van der Waals surface area contributed by atoms with E-state index in [0.717, 1.165) is 6.42 Å². The van der Waals surface area contributed by atoms with Gasteiger partial charge in [0.1, 0.15) is 11.2 Å². The maximum atomic E-state index is 12.2. The van der Waals surface area contributed by atoms with E-state index >= 15 is 0 Å². The number of ether oxygens (including phenoxy) is 2. The third kappa shape index (κ3) is 13.6. The Morgan fingerprint density at radius 1 is 0.889 bits per heavy atom. The summed E-state index contributed by atoms with van der Waals surface area (Å²) in [7, 11) is 0. The maximum Gasteiger partial charge on any atom is 0.407 e. The van der Waals surface area contributed by atoms with Crippen molar-refractivity contribution in [3.63, 3.8) is 0 Å². The van der Waals surface area contributed by atoms with Gasteiger partial charge in [-0.05, 0) is 48.0 Å². The highest BCUT2D eigenvalue weighted by Gasteiger charge is 2.21. The fourth-order valence-corrected chi connectivity index (χ4v) is 1.92. The van der Waals surface area contributed by atoms with Gasteiger partial charge in [0, 0.05) is 18.7 Å². The summed E-state index contributed by atoms with van der Waals surface area (Å²) in [5, 5.41) is 7.94. The first-order valence-corrected chi connectivity index (χ1v) is 9.16. The van der Waals surface area contributed by atoms with E-state index < -0.39 is 29.4 Å². The van der Waals surface area contributed by atoms with Crippen LogP contribution in [-0.4, -0.2) is 48.4 Å². The van der Waals surface area contributed by atoms with Gasteiger partial charge in [-0.15, -0.1) is 0 Å². The maximum absolute atomic E-state index is 12.2. The predicted octanol–water partition coefficient (Wildman–Crippen LogP) is 2.88. The summed E-state index contributed by atoms with van der Waals surface area (Å²) >= 11 is 0. The molecule has 0 bridgehead atoms. The Morgan fingerprint density at radius 2 is 1.30 bits per heavy atom. The van der Waals surface area contributed by atoms with Crippen LogP contribution in [0.4, 0.5) is 9.59 Å². The molecule has 8 nitrogen and oxygen atoms in total. The Kier molecular flexibility index (Phi) is 9.89. The SMILES string of the molecule is C=C(CCC)C(=O)NC(CNC(=O)OC(C)(C)C)CNC(=O)OC(C)(C)C. The number of hydrogen-bond donors (Lipinski definition) is 3. The van der Waals surface area contributed by atoms with Crippen LogP contribution in [0.5, 0.6) is 0 Å². The average Bonchev–Trinajstić information content (AvgIpc) is 2.46. The molecule has 0 rings (SSSR count). The minimum Gasteiger partial charge on any atom is -0.444 e. The van der Waals surface area contributed by atoms with Crippen molar-refractivity contribution in [1.29, 1.82) is 0 Å². The van der Waals surface area contributed by atoms with Gasteiger partial charge in [-0.1, -0.05) is 19.9 Å². The van der Waals surface area contributed by atoms with E-state index in [2.05, 4.69) is 22.5 Å². The van der Waals surface area contributed by atoms with Crippen LogP contribution in [0.3, 0.4) is 0 Å². The van der Waals surface area contributed by atoms with Crippen LogP contribution in [0.2, 0.25) is 0 Å². The van der Waals surface area contributed by atoms with E-state index in [0.29, 0.717) is 12.0 Å². The van der Waals surface area contributed by atoms with Crippen molar-refractivity contribution >= 4 is 18.1 Å². The van der Waals surface area contributed by atoms with E-state index in [9.17, 15) is 14.4 Å². The van der Waals surface area contributed by atoms with Crippen LogP contribution >= 0.6 is 0 Å². The van der Waals surface area contributed by atoms with Crippen LogP contribution in [0.25, 0.3) is 0 Å². The average molecular weight is 386 g/mol. The molecule has 0 spiro atoms. The van der Waals surface area contributed by atoms with Crippen LogP contribution in [0.15, 0.2) is 12.2 Å². The van der Waals surface area contributed by atoms with Gasteiger partial charge in [-0.25, -0.2) is 9.59 Å². The van der Waals surface area contributed by atoms with Crippen molar-refractivity contribution < 1.29 is 23.9 Å². The number of carbonyl (C=O) groups excluding carboxylic acids is 3. The van der Waals surface area contributed by atoms with Crippen molar-refractivity contribution in [1.82, 2.24) is 16.0 Å². The summed E-state index contributed by atoms with van der Waals surface area (Å²) < 4.78 is 10.4. The molecule has 0 aromatic rings. The molecule has 0 saturated heterocycles. The first-order valence-electron chi connectivity index (χ1n) is 9.16. The van der Waals surface area contributed by atoms with E-state index in [1.165, 1.54) is 0 Å². The molecule has 0 aromatic heterocycles. The third-order valence-electron chi connectivity index (χ3n) is 2.99. The van der Waals surface area contributed by atoms with Crippen molar-refractivity contribution in [2.75, 3.05) is 13.1 Å². The van der Waals surface area contributed by atoms with Crippen LogP contribution < -0.4 is 16.0 Å². The first-order chi connectivity index (χ1) is 12.2. The van der Waals surface area contributed by atoms with Gasteiger partial charge in [0.25, 0.3) is 0 Å². The molecule has 0 unspecified atom stereocenters. The zero-order valence-electron chi connectivity index (χ0n) is 17.7. The predicted molar refractivity (Wildman–Crippen MR) is 104 cm³/mol. The number of hydrogen-bond acceptors (Lipinski definition) is 5. The second kappa shape index (κ2) is 10.8. The molecule has 8 heteroatoms. The molecule has 0 aliphatic carbocycles. The molecule has 0 aromatic carbocycles. The minimum absolute atomic E-state index is 0.0792. The summed E-state index contributed by atoms with van der Waals surface area (Å²) in [6, 6.07) is -0.550. The smallest absolute Gasteiger partial charge is 0.407 e. The Balaban J connectivity index is 4.79. The Morgan fingerprint density at radius 3 is 1.63 bits per heavy atom. The second-order valence-electron chi connectivity index (χ2n) is 8.29. The summed E-state index contributed by atoms with van der Waals surface area (Å²) in [4.78, 5) is 35.9. The molecule has 156 valence electrons. The number of rotatable bonds is 8. The van der Waals surface area contributed by atoms with Crippen LogP contribution in [-0.2, 0) is 14.3 Å². The van der Waals surface area contributed by atoms with Crippen molar-refractivity contribution in [2.45, 2.75) is 78.6 Å². The van der Waals surface area contributed by atoms with Crippen molar-refractivity contribution in [3.05, 3.63) is 12.2 Å². The standard InChI is InChI=1S/C19H35N3O5/c1-9-10-13(2)15(23)22-14(11-20-16(24)26-18(3,4)5)12-21-17(25)27-19(6,7)8/h14H,2,9-12H2,1,3-8H3,(H,20,24)(H,21,25)(H,22,23). The molecule has 3 N–H and O–H groups in total. The zero-order chi connectivity index (χ0) is 21.3. The molecular weight excluding hydrogens is 350 g/mol. The number of carbonyl (C=O) groups is 3. The fourth-order valence-electron chi connectivity index (χ4n) is 1.92. The molecule has 0 saturated carbocycles. The highest BCUT2D eigenvalue weighted by Crippen LogP contribution is 2.07. The lowest BCUT2D eigenvalue weighted by Crippen LogP contribution is -2.51. The summed E-state index contributed by atoms with van der Waals surface area (Å²) in [5.74, 6) is -0.321. The summed E-state index contributed by atoms with van der Waals surface area (Å²) in [5.41, 5.74) is -0.822. The van der Waals surface area contributed by atoms with E-state index in [1.54, 1.807) is 41.5 Å². The van der Waals surface area contributed by atoms with Gasteiger partial charge in [0.2, 0.25) is 5.91 Å². The first kappa shape index (κ1) is 24.8. The van der Waals surface area contributed by atoms with Crippen LogP contribution in [0, 0.1) is 0 Å². The molecule has 3 amide bonds. The topological polar surface area (TPSA) is 106 Å².